The molecule has 3 aromatic rings. The zero-order valence-corrected chi connectivity index (χ0v) is 15.2. The summed E-state index contributed by atoms with van der Waals surface area (Å²) in [6, 6.07) is 19.9. The molecule has 0 heterocycles. The van der Waals surface area contributed by atoms with Crippen molar-refractivity contribution in [2.24, 2.45) is 0 Å². The number of halogens is 1. The molecule has 0 aromatic heterocycles. The smallest absolute Gasteiger partial charge is 0.339 e. The summed E-state index contributed by atoms with van der Waals surface area (Å²) in [5, 5.41) is 11.4. The molecule has 0 radical (unpaired) electrons. The van der Waals surface area contributed by atoms with Gasteiger partial charge in [-0.05, 0) is 18.2 Å². The van der Waals surface area contributed by atoms with E-state index in [2.05, 4.69) is 0 Å². The minimum atomic E-state index is -1.22. The van der Waals surface area contributed by atoms with Gasteiger partial charge in [0, 0.05) is 28.3 Å². The molecule has 0 saturated carbocycles. The molecule has 0 aliphatic heterocycles. The SMILES string of the molecule is O=C(O[C@H](C(=O)c1ccccc1)c1ccc(Cl)cc1)c1cccc([N+](=O)[O-])c1. The highest BCUT2D eigenvalue weighted by atomic mass is 35.5. The molecule has 0 amide bonds. The lowest BCUT2D eigenvalue weighted by Crippen LogP contribution is -2.20. The fourth-order valence-electron chi connectivity index (χ4n) is 2.59. The number of carbonyl (C=O) groups excluding carboxylic acids is 2. The molecule has 28 heavy (non-hydrogen) atoms. The number of nitro benzene ring substituents is 1. The van der Waals surface area contributed by atoms with Gasteiger partial charge in [-0.25, -0.2) is 4.79 Å². The first-order valence-electron chi connectivity index (χ1n) is 8.26. The normalized spacial score (nSPS) is 11.5. The topological polar surface area (TPSA) is 86.5 Å². The van der Waals surface area contributed by atoms with Gasteiger partial charge in [-0.3, -0.25) is 14.9 Å². The van der Waals surface area contributed by atoms with E-state index in [1.54, 1.807) is 54.6 Å². The van der Waals surface area contributed by atoms with Gasteiger partial charge in [-0.15, -0.1) is 0 Å². The van der Waals surface area contributed by atoms with E-state index in [0.717, 1.165) is 6.07 Å². The quantitative estimate of drug-likeness (QED) is 0.253. The van der Waals surface area contributed by atoms with Crippen LogP contribution in [0.5, 0.6) is 0 Å². The Kier molecular flexibility index (Phi) is 5.81. The van der Waals surface area contributed by atoms with Crippen LogP contribution in [0.15, 0.2) is 78.9 Å². The highest BCUT2D eigenvalue weighted by Crippen LogP contribution is 2.26. The number of nitro groups is 1. The molecular formula is C21H14ClNO5. The maximum absolute atomic E-state index is 13.0. The van der Waals surface area contributed by atoms with E-state index in [1.807, 2.05) is 0 Å². The van der Waals surface area contributed by atoms with Crippen molar-refractivity contribution in [2.75, 3.05) is 0 Å². The lowest BCUT2D eigenvalue weighted by atomic mass is 9.99. The predicted octanol–water partition coefficient (Wildman–Crippen LogP) is 5.03. The Balaban J connectivity index is 1.94. The van der Waals surface area contributed by atoms with Crippen molar-refractivity contribution in [1.29, 1.82) is 0 Å². The number of hydrogen-bond acceptors (Lipinski definition) is 5. The number of Topliss-reactive ketones (excluding diaryl/α,β-unsaturated/α-hetero) is 1. The Morgan fingerprint density at radius 2 is 1.54 bits per heavy atom. The van der Waals surface area contributed by atoms with Crippen molar-refractivity contribution in [3.63, 3.8) is 0 Å². The maximum atomic E-state index is 13.0. The Morgan fingerprint density at radius 1 is 0.893 bits per heavy atom. The van der Waals surface area contributed by atoms with Crippen LogP contribution in [0.2, 0.25) is 5.02 Å². The van der Waals surface area contributed by atoms with Gasteiger partial charge in [-0.2, -0.15) is 0 Å². The van der Waals surface area contributed by atoms with Crippen LogP contribution in [0.4, 0.5) is 5.69 Å². The van der Waals surface area contributed by atoms with Gasteiger partial charge in [0.05, 0.1) is 10.5 Å². The van der Waals surface area contributed by atoms with Gasteiger partial charge >= 0.3 is 5.97 Å². The summed E-state index contributed by atoms with van der Waals surface area (Å²) in [4.78, 5) is 35.9. The Labute approximate surface area is 165 Å². The molecule has 6 nitrogen and oxygen atoms in total. The van der Waals surface area contributed by atoms with Crippen LogP contribution in [0.3, 0.4) is 0 Å². The van der Waals surface area contributed by atoms with Crippen LogP contribution in [0.1, 0.15) is 32.4 Å². The van der Waals surface area contributed by atoms with E-state index < -0.39 is 22.8 Å². The van der Waals surface area contributed by atoms with Crippen molar-refractivity contribution in [2.45, 2.75) is 6.10 Å². The lowest BCUT2D eigenvalue weighted by molar-refractivity contribution is -0.384. The average molecular weight is 396 g/mol. The maximum Gasteiger partial charge on any atom is 0.339 e. The second-order valence-corrected chi connectivity index (χ2v) is 6.31. The fraction of sp³-hybridized carbons (Fsp3) is 0.0476. The molecule has 0 N–H and O–H groups in total. The summed E-state index contributed by atoms with van der Waals surface area (Å²) >= 11 is 5.91. The third-order valence-corrected chi connectivity index (χ3v) is 4.24. The zero-order chi connectivity index (χ0) is 20.1. The van der Waals surface area contributed by atoms with Crippen molar-refractivity contribution in [1.82, 2.24) is 0 Å². The number of carbonyl (C=O) groups is 2. The van der Waals surface area contributed by atoms with Crippen LogP contribution < -0.4 is 0 Å². The van der Waals surface area contributed by atoms with Crippen LogP contribution in [0.25, 0.3) is 0 Å². The largest absolute Gasteiger partial charge is 0.445 e. The van der Waals surface area contributed by atoms with Gasteiger partial charge < -0.3 is 4.74 Å². The van der Waals surface area contributed by atoms with Crippen molar-refractivity contribution in [3.8, 4) is 0 Å². The van der Waals surface area contributed by atoms with Gasteiger partial charge in [0.1, 0.15) is 0 Å². The zero-order valence-electron chi connectivity index (χ0n) is 14.4. The number of ether oxygens (including phenoxy) is 1. The van der Waals surface area contributed by atoms with Crippen molar-refractivity contribution < 1.29 is 19.2 Å². The van der Waals surface area contributed by atoms with E-state index in [1.165, 1.54) is 18.2 Å². The van der Waals surface area contributed by atoms with E-state index in [9.17, 15) is 19.7 Å². The van der Waals surface area contributed by atoms with E-state index in [0.29, 0.717) is 16.1 Å². The first-order valence-corrected chi connectivity index (χ1v) is 8.63. The lowest BCUT2D eigenvalue weighted by Gasteiger charge is -2.17. The molecule has 0 fully saturated rings. The average Bonchev–Trinajstić information content (AvgIpc) is 2.73. The van der Waals surface area contributed by atoms with Crippen LogP contribution in [-0.2, 0) is 4.74 Å². The molecule has 0 aliphatic rings. The van der Waals surface area contributed by atoms with Gasteiger partial charge in [0.2, 0.25) is 5.78 Å². The van der Waals surface area contributed by atoms with E-state index >= 15 is 0 Å². The molecule has 7 heteroatoms. The Bertz CT molecular complexity index is 1020. The highest BCUT2D eigenvalue weighted by Gasteiger charge is 2.27. The molecule has 0 aliphatic carbocycles. The summed E-state index contributed by atoms with van der Waals surface area (Å²) in [7, 11) is 0. The summed E-state index contributed by atoms with van der Waals surface area (Å²) in [6.07, 6.45) is -1.22. The predicted molar refractivity (Wildman–Crippen MR) is 103 cm³/mol. The molecule has 3 rings (SSSR count). The number of rotatable bonds is 6. The van der Waals surface area contributed by atoms with Gasteiger partial charge in [0.25, 0.3) is 5.69 Å². The first kappa shape index (κ1) is 19.3. The third-order valence-electron chi connectivity index (χ3n) is 3.99. The molecule has 1 atom stereocenters. The molecule has 0 unspecified atom stereocenters. The van der Waals surface area contributed by atoms with Gasteiger partial charge in [-0.1, -0.05) is 60.1 Å². The number of benzene rings is 3. The summed E-state index contributed by atoms with van der Waals surface area (Å²) in [5.41, 5.74) is 0.548. The minimum Gasteiger partial charge on any atom is -0.445 e. The van der Waals surface area contributed by atoms with Crippen LogP contribution in [0, 0.1) is 10.1 Å². The second-order valence-electron chi connectivity index (χ2n) is 5.87. The minimum absolute atomic E-state index is 0.0194. The standard InChI is InChI=1S/C21H14ClNO5/c22-17-11-9-15(10-12-17)20(19(24)14-5-2-1-3-6-14)28-21(25)16-7-4-8-18(13-16)23(26)27/h1-13,20H/t20-/m0/s1. The molecule has 140 valence electrons. The number of ketones is 1. The monoisotopic (exact) mass is 395 g/mol. The summed E-state index contributed by atoms with van der Waals surface area (Å²) < 4.78 is 5.46. The third kappa shape index (κ3) is 4.42. The first-order chi connectivity index (χ1) is 13.5. The fourth-order valence-corrected chi connectivity index (χ4v) is 2.71. The summed E-state index contributed by atoms with van der Waals surface area (Å²) in [5.74, 6) is -1.25. The van der Waals surface area contributed by atoms with Crippen LogP contribution >= 0.6 is 11.6 Å². The Hall–Kier alpha value is -3.51. The number of hydrogen-bond donors (Lipinski definition) is 0. The van der Waals surface area contributed by atoms with E-state index in [4.69, 9.17) is 16.3 Å². The van der Waals surface area contributed by atoms with Crippen molar-refractivity contribution >= 4 is 29.0 Å². The van der Waals surface area contributed by atoms with Gasteiger partial charge in [0.15, 0.2) is 6.10 Å². The molecule has 3 aromatic carbocycles. The molecule has 0 bridgehead atoms. The van der Waals surface area contributed by atoms with Crippen molar-refractivity contribution in [3.05, 3.63) is 111 Å². The van der Waals surface area contributed by atoms with E-state index in [-0.39, 0.29) is 11.3 Å². The van der Waals surface area contributed by atoms with Crippen LogP contribution in [-0.4, -0.2) is 16.7 Å². The molecular weight excluding hydrogens is 382 g/mol. The highest BCUT2D eigenvalue weighted by molar-refractivity contribution is 6.30. The second kappa shape index (κ2) is 8.45. The number of nitrogens with zero attached hydrogens (tertiary/aromatic N) is 1. The Morgan fingerprint density at radius 3 is 2.18 bits per heavy atom. The molecule has 0 saturated heterocycles. The summed E-state index contributed by atoms with van der Waals surface area (Å²) in [6.45, 7) is 0. The number of esters is 1. The molecule has 0 spiro atoms. The number of non-ortho nitro benzene ring substituents is 1.